The largest absolute Gasteiger partial charge is 0.495 e. The third kappa shape index (κ3) is 7.67. The van der Waals surface area contributed by atoms with Crippen LogP contribution in [0.4, 0.5) is 5.69 Å². The summed E-state index contributed by atoms with van der Waals surface area (Å²) in [6.45, 7) is 6.68. The fourth-order valence-electron chi connectivity index (χ4n) is 3.01. The van der Waals surface area contributed by atoms with Gasteiger partial charge in [-0.1, -0.05) is 13.8 Å². The van der Waals surface area contributed by atoms with Crippen LogP contribution in [-0.4, -0.2) is 45.8 Å². The van der Waals surface area contributed by atoms with Gasteiger partial charge in [0.15, 0.2) is 12.4 Å². The second kappa shape index (κ2) is 11.8. The van der Waals surface area contributed by atoms with E-state index in [-0.39, 0.29) is 34.1 Å². The summed E-state index contributed by atoms with van der Waals surface area (Å²) >= 11 is 0. The Bertz CT molecular complexity index is 1140. The minimum atomic E-state index is -3.93. The molecule has 0 radical (unpaired) electrons. The molecule has 0 fully saturated rings. The van der Waals surface area contributed by atoms with E-state index in [0.29, 0.717) is 17.7 Å². The molecule has 9 nitrogen and oxygen atoms in total. The second-order valence-corrected chi connectivity index (χ2v) is 10.0. The number of carbonyl (C=O) groups is 3. The van der Waals surface area contributed by atoms with E-state index in [2.05, 4.69) is 10.0 Å². The van der Waals surface area contributed by atoms with Gasteiger partial charge in [0.25, 0.3) is 0 Å². The lowest BCUT2D eigenvalue weighted by atomic mass is 10.1. The molecule has 0 aromatic heterocycles. The number of ether oxygens (including phenoxy) is 2. The van der Waals surface area contributed by atoms with Crippen molar-refractivity contribution in [2.45, 2.75) is 45.1 Å². The van der Waals surface area contributed by atoms with Gasteiger partial charge < -0.3 is 14.8 Å². The summed E-state index contributed by atoms with van der Waals surface area (Å²) in [7, 11) is -2.61. The third-order valence-corrected chi connectivity index (χ3v) is 6.18. The molecule has 10 heteroatoms. The number of sulfonamides is 1. The van der Waals surface area contributed by atoms with Crippen LogP contribution in [0.2, 0.25) is 0 Å². The van der Waals surface area contributed by atoms with E-state index in [1.165, 1.54) is 31.4 Å². The van der Waals surface area contributed by atoms with Crippen molar-refractivity contribution < 1.29 is 32.3 Å². The molecule has 0 aliphatic rings. The molecule has 1 amide bonds. The Morgan fingerprint density at radius 2 is 1.56 bits per heavy atom. The molecule has 34 heavy (non-hydrogen) atoms. The average Bonchev–Trinajstić information content (AvgIpc) is 2.75. The Hall–Kier alpha value is -3.24. The first-order valence-corrected chi connectivity index (χ1v) is 12.2. The summed E-state index contributed by atoms with van der Waals surface area (Å²) in [4.78, 5) is 36.5. The highest BCUT2D eigenvalue weighted by Gasteiger charge is 2.23. The van der Waals surface area contributed by atoms with Crippen molar-refractivity contribution in [1.29, 1.82) is 0 Å². The number of anilines is 1. The molecule has 2 aromatic rings. The topological polar surface area (TPSA) is 128 Å². The monoisotopic (exact) mass is 490 g/mol. The molecule has 2 N–H and O–H groups in total. The van der Waals surface area contributed by atoms with Gasteiger partial charge in [0.05, 0.1) is 12.7 Å². The molecule has 2 rings (SSSR count). The van der Waals surface area contributed by atoms with Crippen molar-refractivity contribution in [2.24, 2.45) is 5.92 Å². The molecule has 0 atom stereocenters. The van der Waals surface area contributed by atoms with Crippen molar-refractivity contribution >= 4 is 33.4 Å². The number of hydrogen-bond donors (Lipinski definition) is 2. The van der Waals surface area contributed by atoms with E-state index in [4.69, 9.17) is 9.47 Å². The van der Waals surface area contributed by atoms with E-state index in [9.17, 15) is 22.8 Å². The van der Waals surface area contributed by atoms with Crippen LogP contribution in [-0.2, 0) is 19.6 Å². The first kappa shape index (κ1) is 27.0. The number of esters is 1. The third-order valence-electron chi connectivity index (χ3n) is 4.50. The second-order valence-electron chi connectivity index (χ2n) is 8.36. The number of benzene rings is 2. The van der Waals surface area contributed by atoms with Gasteiger partial charge in [0.2, 0.25) is 15.9 Å². The van der Waals surface area contributed by atoms with Crippen LogP contribution in [0.5, 0.6) is 5.75 Å². The zero-order valence-corrected chi connectivity index (χ0v) is 20.7. The highest BCUT2D eigenvalue weighted by atomic mass is 32.2. The predicted molar refractivity (Wildman–Crippen MR) is 128 cm³/mol. The molecular weight excluding hydrogens is 460 g/mol. The molecule has 0 heterocycles. The van der Waals surface area contributed by atoms with Crippen LogP contribution in [0.1, 0.15) is 54.8 Å². The molecule has 0 bridgehead atoms. The van der Waals surface area contributed by atoms with Crippen LogP contribution in [0.3, 0.4) is 0 Å². The van der Waals surface area contributed by atoms with Crippen LogP contribution in [0.15, 0.2) is 47.4 Å². The van der Waals surface area contributed by atoms with Gasteiger partial charge in [0.1, 0.15) is 10.6 Å². The lowest BCUT2D eigenvalue weighted by Crippen LogP contribution is -2.30. The summed E-state index contributed by atoms with van der Waals surface area (Å²) in [5.74, 6) is -1.12. The number of Topliss-reactive ketones (excluding diaryl/α,β-unsaturated/α-hetero) is 1. The zero-order valence-electron chi connectivity index (χ0n) is 19.9. The van der Waals surface area contributed by atoms with Gasteiger partial charge >= 0.3 is 5.97 Å². The van der Waals surface area contributed by atoms with Crippen molar-refractivity contribution in [3.63, 3.8) is 0 Å². The maximum Gasteiger partial charge on any atom is 0.338 e. The van der Waals surface area contributed by atoms with Gasteiger partial charge in [-0.2, -0.15) is 0 Å². The van der Waals surface area contributed by atoms with Crippen molar-refractivity contribution in [3.05, 3.63) is 53.6 Å². The smallest absolute Gasteiger partial charge is 0.338 e. The minimum Gasteiger partial charge on any atom is -0.495 e. The summed E-state index contributed by atoms with van der Waals surface area (Å²) in [5.41, 5.74) is 0.816. The van der Waals surface area contributed by atoms with E-state index < -0.39 is 28.4 Å². The number of carbonyl (C=O) groups excluding carboxylic acids is 3. The van der Waals surface area contributed by atoms with E-state index in [0.717, 1.165) is 6.07 Å². The number of nitrogens with one attached hydrogen (secondary N) is 2. The van der Waals surface area contributed by atoms with Crippen LogP contribution >= 0.6 is 0 Å². The fraction of sp³-hybridized carbons (Fsp3) is 0.375. The van der Waals surface area contributed by atoms with E-state index in [1.807, 2.05) is 13.8 Å². The Morgan fingerprint density at radius 3 is 2.12 bits per heavy atom. The number of methoxy groups -OCH3 is 1. The summed E-state index contributed by atoms with van der Waals surface area (Å²) in [6.07, 6.45) is 0.387. The molecule has 0 aliphatic carbocycles. The minimum absolute atomic E-state index is 0.0408. The van der Waals surface area contributed by atoms with Crippen molar-refractivity contribution in [3.8, 4) is 5.75 Å². The Morgan fingerprint density at radius 1 is 0.941 bits per heavy atom. The average molecular weight is 491 g/mol. The van der Waals surface area contributed by atoms with Gasteiger partial charge in [-0.15, -0.1) is 0 Å². The quantitative estimate of drug-likeness (QED) is 0.365. The maximum atomic E-state index is 12.6. The molecule has 0 aliphatic heterocycles. The van der Waals surface area contributed by atoms with Gasteiger partial charge in [0, 0.05) is 23.7 Å². The lowest BCUT2D eigenvalue weighted by Gasteiger charge is -2.14. The van der Waals surface area contributed by atoms with Crippen molar-refractivity contribution in [2.75, 3.05) is 19.0 Å². The van der Waals surface area contributed by atoms with Gasteiger partial charge in [-0.05, 0) is 62.2 Å². The first-order valence-electron chi connectivity index (χ1n) is 10.7. The lowest BCUT2D eigenvalue weighted by molar-refractivity contribution is -0.116. The van der Waals surface area contributed by atoms with E-state index in [1.54, 1.807) is 26.0 Å². The summed E-state index contributed by atoms with van der Waals surface area (Å²) in [5, 5.41) is 2.75. The molecule has 0 unspecified atom stereocenters. The zero-order chi connectivity index (χ0) is 25.5. The number of rotatable bonds is 11. The summed E-state index contributed by atoms with van der Waals surface area (Å²) in [6, 6.07) is 9.72. The van der Waals surface area contributed by atoms with Gasteiger partial charge in [-0.3, -0.25) is 9.59 Å². The van der Waals surface area contributed by atoms with Crippen molar-refractivity contribution in [1.82, 2.24) is 4.72 Å². The standard InChI is InChI=1S/C24H30N2O7S/c1-15(2)12-23(28)25-19-9-6-17(7-10-19)20(27)14-33-24(29)18-8-11-21(32-5)22(13-18)34(30,31)26-16(3)4/h6-11,13,15-16,26H,12,14H2,1-5H3,(H,25,28). The number of hydrogen-bond acceptors (Lipinski definition) is 7. The first-order chi connectivity index (χ1) is 15.9. The molecule has 0 spiro atoms. The fourth-order valence-corrected chi connectivity index (χ4v) is 4.45. The molecule has 2 aromatic carbocycles. The molecule has 184 valence electrons. The Labute approximate surface area is 199 Å². The molecule has 0 saturated heterocycles. The SMILES string of the molecule is COc1ccc(C(=O)OCC(=O)c2ccc(NC(=O)CC(C)C)cc2)cc1S(=O)(=O)NC(C)C. The Kier molecular flexibility index (Phi) is 9.34. The highest BCUT2D eigenvalue weighted by Crippen LogP contribution is 2.25. The molecule has 0 saturated carbocycles. The number of amides is 1. The highest BCUT2D eigenvalue weighted by molar-refractivity contribution is 7.89. The normalized spacial score (nSPS) is 11.4. The van der Waals surface area contributed by atoms with Crippen LogP contribution < -0.4 is 14.8 Å². The van der Waals surface area contributed by atoms with Gasteiger partial charge in [-0.25, -0.2) is 17.9 Å². The van der Waals surface area contributed by atoms with Crippen LogP contribution in [0.25, 0.3) is 0 Å². The summed E-state index contributed by atoms with van der Waals surface area (Å²) < 4.78 is 37.8. The Balaban J connectivity index is 2.06. The van der Waals surface area contributed by atoms with Crippen LogP contribution in [0, 0.1) is 5.92 Å². The number of ketones is 1. The molecular formula is C24H30N2O7S. The maximum absolute atomic E-state index is 12.6. The predicted octanol–water partition coefficient (Wildman–Crippen LogP) is 3.41. The van der Waals surface area contributed by atoms with E-state index >= 15 is 0 Å².